The maximum absolute atomic E-state index is 10.0. The standard InChI is InChI=1S/C21H20N.C20H18N.2C18H14N.2C5H8O2.4Ir/c1-21(2,3)19-12-9-16(10-13-19)18-11-14-20(22-15-18)17-7-5-4-6-8-17;1-15(2)16-8-10-17(11-9-16)19-12-13-20(21-14-19)18-6-4-3-5-7-18;1-14-7-9-15(10-8-14)17-11-12-19-18(13-17)16-5-3-2-4-6-16;1-14-7-9-15(10-8-14)17-11-12-18(19-13-17)16-5-3-2-4-6-16;2*1-4(6)3-5(2)7;;;;/h4-7,9-15H,1-3H3;3-6,8-15H,1-2H3;2*2-5,7-13H,1H3;2*3,6H,1-2H3;;;;/q4*-1;;;;;;. The van der Waals surface area contributed by atoms with Crippen molar-refractivity contribution in [3.05, 3.63) is 338 Å². The molecule has 0 atom stereocenters. The van der Waals surface area contributed by atoms with E-state index in [2.05, 4.69) is 226 Å². The van der Waals surface area contributed by atoms with Crippen molar-refractivity contribution < 1.29 is 100 Å². The molecule has 99 heavy (non-hydrogen) atoms. The Morgan fingerprint density at radius 2 is 0.677 bits per heavy atom. The van der Waals surface area contributed by atoms with Crippen LogP contribution >= 0.6 is 0 Å². The molecule has 2 N–H and O–H groups in total. The molecule has 0 spiro atoms. The van der Waals surface area contributed by atoms with Gasteiger partial charge in [-0.3, -0.25) is 9.59 Å². The van der Waals surface area contributed by atoms with Crippen LogP contribution in [-0.4, -0.2) is 41.7 Å². The molecule has 0 fully saturated rings. The number of rotatable bonds is 11. The molecule has 0 aliphatic carbocycles. The molecule has 8 nitrogen and oxygen atoms in total. The van der Waals surface area contributed by atoms with Gasteiger partial charge in [-0.25, -0.2) is 0 Å². The third-order valence-electron chi connectivity index (χ3n) is 14.6. The number of pyridine rings is 4. The SMILES string of the molecule is CC(=O)C=C(C)O.CC(=O)C=C(C)O.CC(C)(C)c1ccc(-c2ccc(-c3[c-]cccc3)nc2)cc1.CC(C)c1ccc(-c2ccc(-c3[c-]cccc3)nc2)cc1.Cc1ccc(-c2ccc(-c3[c-]cccc3)nc2)cc1.Cc1ccc(-c2ccnc(-c3[c-]cccc3)c2)cc1.[Ir].[Ir].[Ir].[Ir]. The fourth-order valence-electron chi connectivity index (χ4n) is 9.44. The molecule has 0 amide bonds. The van der Waals surface area contributed by atoms with E-state index in [0.29, 0.717) is 5.92 Å². The molecule has 12 aromatic rings. The number of carbonyl (C=O) groups is 2. The van der Waals surface area contributed by atoms with Gasteiger partial charge in [0.05, 0.1) is 11.5 Å². The maximum atomic E-state index is 10.0. The predicted octanol–water partition coefficient (Wildman–Crippen LogP) is 22.0. The minimum atomic E-state index is -0.125. The van der Waals surface area contributed by atoms with Crippen LogP contribution in [0.25, 0.3) is 89.5 Å². The molecular formula is C87H82Ir4N4O4-4. The van der Waals surface area contributed by atoms with Crippen LogP contribution in [0.15, 0.2) is 291 Å². The number of aliphatic hydroxyl groups is 2. The van der Waals surface area contributed by atoms with Gasteiger partial charge in [0.2, 0.25) is 0 Å². The van der Waals surface area contributed by atoms with E-state index in [1.165, 1.54) is 89.9 Å². The van der Waals surface area contributed by atoms with Crippen molar-refractivity contribution in [2.24, 2.45) is 0 Å². The second-order valence-electron chi connectivity index (χ2n) is 24.0. The monoisotopic (exact) mass is 2020 g/mol. The molecule has 4 radical (unpaired) electrons. The van der Waals surface area contributed by atoms with E-state index in [0.717, 1.165) is 61.7 Å². The molecule has 0 aliphatic rings. The first-order valence-corrected chi connectivity index (χ1v) is 31.5. The van der Waals surface area contributed by atoms with Crippen LogP contribution < -0.4 is 0 Å². The molecule has 12 heteroatoms. The molecule has 0 unspecified atom stereocenters. The number of ketones is 2. The fourth-order valence-corrected chi connectivity index (χ4v) is 9.44. The zero-order valence-electron chi connectivity index (χ0n) is 57.5. The number of allylic oxidation sites excluding steroid dienone is 4. The largest absolute Gasteiger partial charge is 0.512 e. The third kappa shape index (κ3) is 29.0. The molecule has 4 aromatic heterocycles. The van der Waals surface area contributed by atoms with Crippen LogP contribution in [0.3, 0.4) is 0 Å². The molecule has 12 rings (SSSR count). The maximum Gasteiger partial charge on any atom is 0.155 e. The van der Waals surface area contributed by atoms with Crippen molar-refractivity contribution in [1.82, 2.24) is 19.9 Å². The van der Waals surface area contributed by atoms with Gasteiger partial charge >= 0.3 is 0 Å². The van der Waals surface area contributed by atoms with Crippen LogP contribution in [-0.2, 0) is 95.4 Å². The van der Waals surface area contributed by atoms with Crippen molar-refractivity contribution in [3.8, 4) is 89.5 Å². The van der Waals surface area contributed by atoms with Gasteiger partial charge in [-0.2, -0.15) is 0 Å². The van der Waals surface area contributed by atoms with Crippen LogP contribution in [0.5, 0.6) is 0 Å². The van der Waals surface area contributed by atoms with Crippen molar-refractivity contribution in [3.63, 3.8) is 0 Å². The zero-order chi connectivity index (χ0) is 68.1. The van der Waals surface area contributed by atoms with E-state index >= 15 is 0 Å². The number of nitrogens with zero attached hydrogens (tertiary/aromatic N) is 4. The zero-order valence-corrected chi connectivity index (χ0v) is 67.0. The Bertz CT molecular complexity index is 4310. The Kier molecular flexibility index (Phi) is 37.4. The van der Waals surface area contributed by atoms with Gasteiger partial charge in [-0.05, 0) is 137 Å². The number of carbonyl (C=O) groups excluding carboxylic acids is 2. The topological polar surface area (TPSA) is 126 Å². The molecule has 0 saturated carbocycles. The van der Waals surface area contributed by atoms with Crippen molar-refractivity contribution >= 4 is 11.6 Å². The van der Waals surface area contributed by atoms with Crippen LogP contribution in [0.4, 0.5) is 0 Å². The first kappa shape index (κ1) is 84.6. The number of benzene rings is 8. The Hall–Kier alpha value is -8.62. The molecule has 514 valence electrons. The van der Waals surface area contributed by atoms with Crippen molar-refractivity contribution in [1.29, 1.82) is 0 Å². The summed E-state index contributed by atoms with van der Waals surface area (Å²) in [5.41, 5.74) is 22.8. The van der Waals surface area contributed by atoms with Crippen molar-refractivity contribution in [2.75, 3.05) is 0 Å². The summed E-state index contributed by atoms with van der Waals surface area (Å²) in [6.45, 7) is 21.0. The molecule has 0 saturated heterocycles. The van der Waals surface area contributed by atoms with Crippen molar-refractivity contribution in [2.45, 2.75) is 87.5 Å². The first-order chi connectivity index (χ1) is 45.7. The fraction of sp³-hybridized carbons (Fsp3) is 0.149. The van der Waals surface area contributed by atoms with Crippen LogP contribution in [0.1, 0.15) is 90.5 Å². The number of hydrogen-bond donors (Lipinski definition) is 2. The van der Waals surface area contributed by atoms with Gasteiger partial charge in [0.25, 0.3) is 0 Å². The number of aromatic nitrogens is 4. The summed E-state index contributed by atoms with van der Waals surface area (Å²) in [5, 5.41) is 16.7. The van der Waals surface area contributed by atoms with Crippen LogP contribution in [0.2, 0.25) is 0 Å². The van der Waals surface area contributed by atoms with Gasteiger partial charge in [0.1, 0.15) is 0 Å². The molecule has 0 aliphatic heterocycles. The third-order valence-corrected chi connectivity index (χ3v) is 14.6. The average molecular weight is 2020 g/mol. The van der Waals surface area contributed by atoms with E-state index < -0.39 is 0 Å². The van der Waals surface area contributed by atoms with Gasteiger partial charge in [0, 0.05) is 117 Å². The van der Waals surface area contributed by atoms with E-state index in [4.69, 9.17) is 10.2 Å². The Morgan fingerprint density at radius 3 is 0.939 bits per heavy atom. The Morgan fingerprint density at radius 1 is 0.374 bits per heavy atom. The molecular weight excluding hydrogens is 1930 g/mol. The number of hydrogen-bond acceptors (Lipinski definition) is 8. The average Bonchev–Trinajstić information content (AvgIpc) is 0.853. The van der Waals surface area contributed by atoms with Gasteiger partial charge < -0.3 is 30.1 Å². The smallest absolute Gasteiger partial charge is 0.155 e. The van der Waals surface area contributed by atoms with Gasteiger partial charge in [0.15, 0.2) is 11.6 Å². The summed E-state index contributed by atoms with van der Waals surface area (Å²) in [4.78, 5) is 38.1. The second kappa shape index (κ2) is 43.7. The quantitative estimate of drug-likeness (QED) is 0.0745. The minimum absolute atomic E-state index is 0. The normalized spacial score (nSPS) is 10.4. The summed E-state index contributed by atoms with van der Waals surface area (Å²) in [7, 11) is 0. The van der Waals surface area contributed by atoms with Gasteiger partial charge in [-0.15, -0.1) is 144 Å². The number of aliphatic hydroxyl groups excluding tert-OH is 2. The first-order valence-electron chi connectivity index (χ1n) is 31.5. The Balaban J connectivity index is 0.000000319. The predicted molar refractivity (Wildman–Crippen MR) is 392 cm³/mol. The summed E-state index contributed by atoms with van der Waals surface area (Å²) in [6, 6.07) is 95.6. The summed E-state index contributed by atoms with van der Waals surface area (Å²) in [5.74, 6) is 0.438. The summed E-state index contributed by atoms with van der Waals surface area (Å²) < 4.78 is 0. The second-order valence-corrected chi connectivity index (χ2v) is 24.0. The van der Waals surface area contributed by atoms with E-state index in [-0.39, 0.29) is 109 Å². The summed E-state index contributed by atoms with van der Waals surface area (Å²) in [6.07, 6.45) is 9.97. The molecule has 0 bridgehead atoms. The number of aryl methyl sites for hydroxylation is 2. The minimum Gasteiger partial charge on any atom is -0.512 e. The van der Waals surface area contributed by atoms with E-state index in [9.17, 15) is 9.59 Å². The Labute approximate surface area is 640 Å². The molecule has 8 aromatic carbocycles. The van der Waals surface area contributed by atoms with E-state index in [1.54, 1.807) is 0 Å². The van der Waals surface area contributed by atoms with Gasteiger partial charge in [-0.1, -0.05) is 185 Å². The van der Waals surface area contributed by atoms with Crippen LogP contribution in [0, 0.1) is 38.1 Å². The summed E-state index contributed by atoms with van der Waals surface area (Å²) >= 11 is 0. The van der Waals surface area contributed by atoms with E-state index in [1.807, 2.05) is 134 Å². The molecule has 4 heterocycles.